The van der Waals surface area contributed by atoms with Gasteiger partial charge in [0.25, 0.3) is 0 Å². The molecule has 0 aliphatic heterocycles. The second kappa shape index (κ2) is 9.18. The molecule has 0 amide bonds. The van der Waals surface area contributed by atoms with Crippen LogP contribution in [0.2, 0.25) is 0 Å². The standard InChI is InChI=1S/C25H25N3OS/c1-4-29-23-16-14-22(15-17-23)28-24(21-12-10-18(2)11-13-21)26-27-25(28)30-19(3)20-8-6-5-7-9-20/h5-17,19H,4H2,1-3H3/t19-/m0/s1. The van der Waals surface area contributed by atoms with Crippen molar-refractivity contribution >= 4 is 11.8 Å². The Morgan fingerprint density at radius 1 is 0.900 bits per heavy atom. The number of nitrogens with zero attached hydrogens (tertiary/aromatic N) is 3. The fraction of sp³-hybridized carbons (Fsp3) is 0.200. The number of aryl methyl sites for hydroxylation is 1. The minimum Gasteiger partial charge on any atom is -0.494 e. The fourth-order valence-electron chi connectivity index (χ4n) is 3.28. The second-order valence-electron chi connectivity index (χ2n) is 7.11. The van der Waals surface area contributed by atoms with Gasteiger partial charge in [0.2, 0.25) is 0 Å². The van der Waals surface area contributed by atoms with Gasteiger partial charge >= 0.3 is 0 Å². The quantitative estimate of drug-likeness (QED) is 0.323. The molecule has 4 aromatic rings. The van der Waals surface area contributed by atoms with Crippen molar-refractivity contribution in [1.82, 2.24) is 14.8 Å². The Balaban J connectivity index is 1.75. The predicted molar refractivity (Wildman–Crippen MR) is 123 cm³/mol. The average molecular weight is 416 g/mol. The number of hydrogen-bond acceptors (Lipinski definition) is 4. The van der Waals surface area contributed by atoms with Crippen molar-refractivity contribution in [3.63, 3.8) is 0 Å². The third-order valence-corrected chi connectivity index (χ3v) is 6.00. The van der Waals surface area contributed by atoms with E-state index in [2.05, 4.69) is 89.3 Å². The van der Waals surface area contributed by atoms with Crippen molar-refractivity contribution in [2.24, 2.45) is 0 Å². The topological polar surface area (TPSA) is 39.9 Å². The van der Waals surface area contributed by atoms with Crippen LogP contribution >= 0.6 is 11.8 Å². The molecule has 0 saturated heterocycles. The van der Waals surface area contributed by atoms with Crippen molar-refractivity contribution < 1.29 is 4.74 Å². The van der Waals surface area contributed by atoms with Gasteiger partial charge in [-0.1, -0.05) is 71.9 Å². The number of aromatic nitrogens is 3. The van der Waals surface area contributed by atoms with E-state index in [1.54, 1.807) is 11.8 Å². The monoisotopic (exact) mass is 415 g/mol. The molecule has 0 unspecified atom stereocenters. The van der Waals surface area contributed by atoms with Crippen molar-refractivity contribution in [3.05, 3.63) is 90.0 Å². The summed E-state index contributed by atoms with van der Waals surface area (Å²) in [4.78, 5) is 0. The zero-order valence-electron chi connectivity index (χ0n) is 17.4. The number of ether oxygens (including phenoxy) is 1. The molecular weight excluding hydrogens is 390 g/mol. The number of thioether (sulfide) groups is 1. The van der Waals surface area contributed by atoms with Crippen LogP contribution < -0.4 is 4.74 Å². The fourth-order valence-corrected chi connectivity index (χ4v) is 4.27. The molecule has 0 aliphatic carbocycles. The molecule has 3 aromatic carbocycles. The first-order valence-corrected chi connectivity index (χ1v) is 11.0. The minimum atomic E-state index is 0.253. The highest BCUT2D eigenvalue weighted by molar-refractivity contribution is 7.99. The molecule has 0 bridgehead atoms. The predicted octanol–water partition coefficient (Wildman–Crippen LogP) is 6.49. The minimum absolute atomic E-state index is 0.253. The van der Waals surface area contributed by atoms with Gasteiger partial charge in [0.05, 0.1) is 6.61 Å². The molecule has 152 valence electrons. The third-order valence-electron chi connectivity index (χ3n) is 4.90. The Morgan fingerprint density at radius 2 is 1.60 bits per heavy atom. The zero-order chi connectivity index (χ0) is 20.9. The van der Waals surface area contributed by atoms with Crippen LogP contribution in [0.4, 0.5) is 0 Å². The largest absolute Gasteiger partial charge is 0.494 e. The molecule has 4 rings (SSSR count). The Hall–Kier alpha value is -3.05. The summed E-state index contributed by atoms with van der Waals surface area (Å²) in [6, 6.07) is 27.0. The summed E-state index contributed by atoms with van der Waals surface area (Å²) in [5, 5.41) is 10.2. The van der Waals surface area contributed by atoms with E-state index in [0.717, 1.165) is 28.0 Å². The van der Waals surface area contributed by atoms with Crippen LogP contribution in [-0.4, -0.2) is 21.4 Å². The SMILES string of the molecule is CCOc1ccc(-n2c(S[C@@H](C)c3ccccc3)nnc2-c2ccc(C)cc2)cc1. The van der Waals surface area contributed by atoms with Gasteiger partial charge in [-0.25, -0.2) is 0 Å². The molecule has 0 spiro atoms. The first-order chi connectivity index (χ1) is 14.7. The first kappa shape index (κ1) is 20.2. The van der Waals surface area contributed by atoms with E-state index in [9.17, 15) is 0 Å². The molecule has 1 heterocycles. The van der Waals surface area contributed by atoms with E-state index in [-0.39, 0.29) is 5.25 Å². The highest BCUT2D eigenvalue weighted by atomic mass is 32.2. The molecule has 30 heavy (non-hydrogen) atoms. The van der Waals surface area contributed by atoms with Crippen LogP contribution in [-0.2, 0) is 0 Å². The highest BCUT2D eigenvalue weighted by Gasteiger charge is 2.19. The van der Waals surface area contributed by atoms with Gasteiger partial charge < -0.3 is 4.74 Å². The van der Waals surface area contributed by atoms with Gasteiger partial charge in [-0.05, 0) is 50.6 Å². The van der Waals surface area contributed by atoms with Crippen molar-refractivity contribution in [2.75, 3.05) is 6.61 Å². The summed E-state index contributed by atoms with van der Waals surface area (Å²) in [5.74, 6) is 1.69. The third kappa shape index (κ3) is 4.41. The first-order valence-electron chi connectivity index (χ1n) is 10.1. The van der Waals surface area contributed by atoms with Crippen LogP contribution in [0.15, 0.2) is 84.0 Å². The van der Waals surface area contributed by atoms with Crippen LogP contribution in [0.1, 0.15) is 30.2 Å². The lowest BCUT2D eigenvalue weighted by molar-refractivity contribution is 0.340. The Labute approximate surface area is 181 Å². The summed E-state index contributed by atoms with van der Waals surface area (Å²) >= 11 is 1.71. The van der Waals surface area contributed by atoms with Crippen molar-refractivity contribution in [2.45, 2.75) is 31.2 Å². The maximum absolute atomic E-state index is 5.61. The van der Waals surface area contributed by atoms with Gasteiger partial charge in [0.1, 0.15) is 5.75 Å². The summed E-state index contributed by atoms with van der Waals surface area (Å²) in [6.07, 6.45) is 0. The Kier molecular flexibility index (Phi) is 6.19. The molecule has 0 fully saturated rings. The number of rotatable bonds is 7. The summed E-state index contributed by atoms with van der Waals surface area (Å²) in [6.45, 7) is 6.92. The zero-order valence-corrected chi connectivity index (χ0v) is 18.3. The summed E-state index contributed by atoms with van der Waals surface area (Å²) < 4.78 is 7.74. The smallest absolute Gasteiger partial charge is 0.196 e. The Bertz CT molecular complexity index is 1090. The number of benzene rings is 3. The maximum Gasteiger partial charge on any atom is 0.196 e. The summed E-state index contributed by atoms with van der Waals surface area (Å²) in [7, 11) is 0. The van der Waals surface area contributed by atoms with Gasteiger partial charge in [0, 0.05) is 16.5 Å². The molecule has 1 atom stereocenters. The van der Waals surface area contributed by atoms with Crippen LogP contribution in [0.3, 0.4) is 0 Å². The van der Waals surface area contributed by atoms with Gasteiger partial charge in [-0.15, -0.1) is 10.2 Å². The van der Waals surface area contributed by atoms with Gasteiger partial charge in [0.15, 0.2) is 11.0 Å². The second-order valence-corrected chi connectivity index (χ2v) is 8.41. The van der Waals surface area contributed by atoms with E-state index < -0.39 is 0 Å². The van der Waals surface area contributed by atoms with E-state index in [1.165, 1.54) is 11.1 Å². The molecule has 0 saturated carbocycles. The maximum atomic E-state index is 5.61. The average Bonchev–Trinajstić information content (AvgIpc) is 3.19. The van der Waals surface area contributed by atoms with E-state index in [0.29, 0.717) is 6.61 Å². The molecular formula is C25H25N3OS. The molecule has 0 radical (unpaired) electrons. The van der Waals surface area contributed by atoms with E-state index in [1.807, 2.05) is 25.1 Å². The van der Waals surface area contributed by atoms with Crippen LogP contribution in [0.5, 0.6) is 5.75 Å². The number of hydrogen-bond donors (Lipinski definition) is 0. The van der Waals surface area contributed by atoms with Gasteiger partial charge in [-0.2, -0.15) is 0 Å². The summed E-state index contributed by atoms with van der Waals surface area (Å²) in [5.41, 5.74) is 4.54. The highest BCUT2D eigenvalue weighted by Crippen LogP contribution is 2.37. The molecule has 5 heteroatoms. The van der Waals surface area contributed by atoms with Crippen LogP contribution in [0.25, 0.3) is 17.1 Å². The molecule has 0 aliphatic rings. The van der Waals surface area contributed by atoms with E-state index >= 15 is 0 Å². The van der Waals surface area contributed by atoms with Gasteiger partial charge in [-0.3, -0.25) is 4.57 Å². The lowest BCUT2D eigenvalue weighted by Crippen LogP contribution is -2.01. The van der Waals surface area contributed by atoms with E-state index in [4.69, 9.17) is 4.74 Å². The van der Waals surface area contributed by atoms with Crippen LogP contribution in [0, 0.1) is 6.92 Å². The Morgan fingerprint density at radius 3 is 2.27 bits per heavy atom. The van der Waals surface area contributed by atoms with Crippen molar-refractivity contribution in [3.8, 4) is 22.8 Å². The molecule has 4 nitrogen and oxygen atoms in total. The normalized spacial score (nSPS) is 12.0. The molecule has 0 N–H and O–H groups in total. The lowest BCUT2D eigenvalue weighted by atomic mass is 10.1. The lowest BCUT2D eigenvalue weighted by Gasteiger charge is -2.14. The molecule has 1 aromatic heterocycles. The van der Waals surface area contributed by atoms with Crippen molar-refractivity contribution in [1.29, 1.82) is 0 Å².